The number of hydrogen-bond acceptors (Lipinski definition) is 2. The van der Waals surface area contributed by atoms with E-state index in [4.69, 9.17) is 12.2 Å². The Balaban J connectivity index is 2.13. The van der Waals surface area contributed by atoms with E-state index in [0.717, 1.165) is 5.11 Å². The molecule has 0 aromatic rings. The SMILES string of the molecule is CN(C)C(=S)NNC1CCCCC1. The number of thiocarbonyl (C=S) groups is 1. The van der Waals surface area contributed by atoms with Crippen molar-refractivity contribution >= 4 is 17.3 Å². The highest BCUT2D eigenvalue weighted by Crippen LogP contribution is 2.16. The van der Waals surface area contributed by atoms with Gasteiger partial charge in [-0.25, -0.2) is 5.43 Å². The first-order valence-electron chi connectivity index (χ1n) is 4.93. The fourth-order valence-corrected chi connectivity index (χ4v) is 1.58. The molecule has 1 rings (SSSR count). The summed E-state index contributed by atoms with van der Waals surface area (Å²) in [5.74, 6) is 0. The Morgan fingerprint density at radius 1 is 1.23 bits per heavy atom. The van der Waals surface area contributed by atoms with Gasteiger partial charge in [0.25, 0.3) is 0 Å². The van der Waals surface area contributed by atoms with Crippen molar-refractivity contribution in [3.63, 3.8) is 0 Å². The minimum absolute atomic E-state index is 0.603. The molecule has 2 N–H and O–H groups in total. The molecule has 0 unspecified atom stereocenters. The van der Waals surface area contributed by atoms with Crippen LogP contribution in [0.2, 0.25) is 0 Å². The number of hydrazine groups is 1. The predicted octanol–water partition coefficient (Wildman–Crippen LogP) is 1.26. The molecule has 0 aromatic heterocycles. The molecule has 1 aliphatic carbocycles. The molecule has 13 heavy (non-hydrogen) atoms. The predicted molar refractivity (Wildman–Crippen MR) is 59.4 cm³/mol. The monoisotopic (exact) mass is 201 g/mol. The zero-order valence-electron chi connectivity index (χ0n) is 8.47. The van der Waals surface area contributed by atoms with Crippen LogP contribution in [0.3, 0.4) is 0 Å². The Morgan fingerprint density at radius 3 is 2.38 bits per heavy atom. The van der Waals surface area contributed by atoms with Crippen LogP contribution in [-0.2, 0) is 0 Å². The molecule has 0 amide bonds. The summed E-state index contributed by atoms with van der Waals surface area (Å²) < 4.78 is 0. The van der Waals surface area contributed by atoms with Crippen molar-refractivity contribution < 1.29 is 0 Å². The largest absolute Gasteiger partial charge is 0.354 e. The summed E-state index contributed by atoms with van der Waals surface area (Å²) in [6.07, 6.45) is 6.60. The van der Waals surface area contributed by atoms with Crippen LogP contribution in [0.1, 0.15) is 32.1 Å². The maximum absolute atomic E-state index is 5.10. The summed E-state index contributed by atoms with van der Waals surface area (Å²) in [4.78, 5) is 1.89. The van der Waals surface area contributed by atoms with Gasteiger partial charge in [0.05, 0.1) is 0 Å². The summed E-state index contributed by atoms with van der Waals surface area (Å²) >= 11 is 5.10. The molecular weight excluding hydrogens is 182 g/mol. The van der Waals surface area contributed by atoms with E-state index in [-0.39, 0.29) is 0 Å². The third kappa shape index (κ3) is 3.91. The van der Waals surface area contributed by atoms with Crippen LogP contribution in [-0.4, -0.2) is 30.1 Å². The number of hydrogen-bond donors (Lipinski definition) is 2. The molecule has 0 saturated heterocycles. The van der Waals surface area contributed by atoms with Crippen molar-refractivity contribution in [2.75, 3.05) is 14.1 Å². The van der Waals surface area contributed by atoms with E-state index in [2.05, 4.69) is 10.9 Å². The second kappa shape index (κ2) is 5.40. The molecule has 0 aromatic carbocycles. The lowest BCUT2D eigenvalue weighted by Gasteiger charge is -2.25. The van der Waals surface area contributed by atoms with E-state index >= 15 is 0 Å². The normalized spacial score (nSPS) is 18.3. The van der Waals surface area contributed by atoms with Crippen molar-refractivity contribution in [1.82, 2.24) is 15.8 Å². The van der Waals surface area contributed by atoms with E-state index < -0.39 is 0 Å². The lowest BCUT2D eigenvalue weighted by molar-refractivity contribution is 0.355. The molecule has 76 valence electrons. The summed E-state index contributed by atoms with van der Waals surface area (Å²) in [6.45, 7) is 0. The lowest BCUT2D eigenvalue weighted by atomic mass is 9.96. The van der Waals surface area contributed by atoms with E-state index in [1.54, 1.807) is 0 Å². The second-order valence-corrected chi connectivity index (χ2v) is 4.19. The van der Waals surface area contributed by atoms with Crippen molar-refractivity contribution in [3.8, 4) is 0 Å². The first-order chi connectivity index (χ1) is 6.20. The highest BCUT2D eigenvalue weighted by molar-refractivity contribution is 7.80. The van der Waals surface area contributed by atoms with Gasteiger partial charge in [0.2, 0.25) is 0 Å². The van der Waals surface area contributed by atoms with Crippen LogP contribution in [0.4, 0.5) is 0 Å². The van der Waals surface area contributed by atoms with Gasteiger partial charge in [-0.05, 0) is 25.1 Å². The molecule has 4 heteroatoms. The summed E-state index contributed by atoms with van der Waals surface area (Å²) in [7, 11) is 3.88. The van der Waals surface area contributed by atoms with Crippen LogP contribution in [0.5, 0.6) is 0 Å². The standard InChI is InChI=1S/C9H19N3S/c1-12(2)9(13)11-10-8-6-4-3-5-7-8/h8,10H,3-7H2,1-2H3,(H,11,13). The van der Waals surface area contributed by atoms with Gasteiger partial charge < -0.3 is 4.90 Å². The Hall–Kier alpha value is -0.350. The van der Waals surface area contributed by atoms with Crippen LogP contribution in [0.25, 0.3) is 0 Å². The van der Waals surface area contributed by atoms with Crippen molar-refractivity contribution in [3.05, 3.63) is 0 Å². The molecule has 1 saturated carbocycles. The molecule has 0 aliphatic heterocycles. The smallest absolute Gasteiger partial charge is 0.182 e. The number of nitrogens with one attached hydrogen (secondary N) is 2. The van der Waals surface area contributed by atoms with Gasteiger partial charge in [-0.15, -0.1) is 0 Å². The molecule has 0 atom stereocenters. The number of rotatable bonds is 2. The van der Waals surface area contributed by atoms with E-state index in [1.807, 2.05) is 19.0 Å². The molecule has 0 heterocycles. The van der Waals surface area contributed by atoms with Crippen LogP contribution in [0, 0.1) is 0 Å². The van der Waals surface area contributed by atoms with E-state index in [9.17, 15) is 0 Å². The van der Waals surface area contributed by atoms with E-state index in [1.165, 1.54) is 32.1 Å². The minimum atomic E-state index is 0.603. The summed E-state index contributed by atoms with van der Waals surface area (Å²) in [5.41, 5.74) is 6.33. The lowest BCUT2D eigenvalue weighted by Crippen LogP contribution is -2.48. The Morgan fingerprint density at radius 2 is 1.85 bits per heavy atom. The molecule has 0 spiro atoms. The zero-order chi connectivity index (χ0) is 9.68. The first-order valence-corrected chi connectivity index (χ1v) is 5.34. The molecule has 1 fully saturated rings. The fourth-order valence-electron chi connectivity index (χ4n) is 1.52. The minimum Gasteiger partial charge on any atom is -0.354 e. The van der Waals surface area contributed by atoms with Gasteiger partial charge in [-0.2, -0.15) is 0 Å². The summed E-state index contributed by atoms with van der Waals surface area (Å²) in [5, 5.41) is 0.755. The highest BCUT2D eigenvalue weighted by atomic mass is 32.1. The van der Waals surface area contributed by atoms with Crippen molar-refractivity contribution in [2.24, 2.45) is 0 Å². The van der Waals surface area contributed by atoms with Crippen LogP contribution >= 0.6 is 12.2 Å². The molecular formula is C9H19N3S. The Labute approximate surface area is 85.8 Å². The first kappa shape index (κ1) is 10.7. The van der Waals surface area contributed by atoms with E-state index in [0.29, 0.717) is 6.04 Å². The molecule has 1 aliphatic rings. The van der Waals surface area contributed by atoms with Gasteiger partial charge in [-0.3, -0.25) is 5.43 Å². The molecule has 0 radical (unpaired) electrons. The average Bonchev–Trinajstić information content (AvgIpc) is 2.15. The van der Waals surface area contributed by atoms with Gasteiger partial charge in [0, 0.05) is 20.1 Å². The Kier molecular flexibility index (Phi) is 4.45. The van der Waals surface area contributed by atoms with Crippen LogP contribution < -0.4 is 10.9 Å². The highest BCUT2D eigenvalue weighted by Gasteiger charge is 2.12. The Bertz CT molecular complexity index is 164. The van der Waals surface area contributed by atoms with Crippen molar-refractivity contribution in [2.45, 2.75) is 38.1 Å². The van der Waals surface area contributed by atoms with Gasteiger partial charge in [0.1, 0.15) is 0 Å². The van der Waals surface area contributed by atoms with Gasteiger partial charge in [0.15, 0.2) is 5.11 Å². The van der Waals surface area contributed by atoms with Gasteiger partial charge >= 0.3 is 0 Å². The van der Waals surface area contributed by atoms with Crippen molar-refractivity contribution in [1.29, 1.82) is 0 Å². The fraction of sp³-hybridized carbons (Fsp3) is 0.889. The second-order valence-electron chi connectivity index (χ2n) is 3.80. The quantitative estimate of drug-likeness (QED) is 0.519. The maximum Gasteiger partial charge on any atom is 0.182 e. The topological polar surface area (TPSA) is 27.3 Å². The molecule has 0 bridgehead atoms. The molecule has 3 nitrogen and oxygen atoms in total. The maximum atomic E-state index is 5.10. The average molecular weight is 201 g/mol. The number of nitrogens with zero attached hydrogens (tertiary/aromatic N) is 1. The third-order valence-electron chi connectivity index (χ3n) is 2.39. The van der Waals surface area contributed by atoms with Crippen LogP contribution in [0.15, 0.2) is 0 Å². The summed E-state index contributed by atoms with van der Waals surface area (Å²) in [6, 6.07) is 0.603. The van der Waals surface area contributed by atoms with Gasteiger partial charge in [-0.1, -0.05) is 19.3 Å². The zero-order valence-corrected chi connectivity index (χ0v) is 9.28. The third-order valence-corrected chi connectivity index (χ3v) is 2.86.